The Labute approximate surface area is 158 Å². The normalized spacial score (nSPS) is 16.2. The van der Waals surface area contributed by atoms with Crippen molar-refractivity contribution in [1.29, 1.82) is 0 Å². The number of rotatable bonds is 6. The second-order valence-electron chi connectivity index (χ2n) is 7.00. The molecule has 1 aliphatic carbocycles. The summed E-state index contributed by atoms with van der Waals surface area (Å²) >= 11 is 0. The van der Waals surface area contributed by atoms with Gasteiger partial charge >= 0.3 is 12.0 Å². The van der Waals surface area contributed by atoms with Gasteiger partial charge in [-0.2, -0.15) is 0 Å². The summed E-state index contributed by atoms with van der Waals surface area (Å²) in [5.74, 6) is 1.52. The van der Waals surface area contributed by atoms with E-state index in [0.29, 0.717) is 30.3 Å². The summed E-state index contributed by atoms with van der Waals surface area (Å²) in [5.41, 5.74) is 2.11. The predicted molar refractivity (Wildman–Crippen MR) is 102 cm³/mol. The van der Waals surface area contributed by atoms with Gasteiger partial charge in [0.25, 0.3) is 0 Å². The third kappa shape index (κ3) is 4.05. The fourth-order valence-corrected chi connectivity index (χ4v) is 3.06. The highest BCUT2D eigenvalue weighted by Gasteiger charge is 2.23. The molecule has 2 aromatic rings. The number of urea groups is 1. The van der Waals surface area contributed by atoms with E-state index in [1.807, 2.05) is 19.1 Å². The Bertz CT molecular complexity index is 859. The van der Waals surface area contributed by atoms with Gasteiger partial charge in [-0.3, -0.25) is 4.90 Å². The number of anilines is 1. The van der Waals surface area contributed by atoms with Crippen LogP contribution in [-0.4, -0.2) is 31.7 Å². The number of benzene rings is 2. The first kappa shape index (κ1) is 17.4. The number of nitrogens with zero attached hydrogens (tertiary/aromatic N) is 1. The Morgan fingerprint density at radius 2 is 1.89 bits per heavy atom. The maximum atomic E-state index is 12.4. The van der Waals surface area contributed by atoms with Crippen LogP contribution in [0.25, 0.3) is 0 Å². The van der Waals surface area contributed by atoms with Crippen LogP contribution in [-0.2, 0) is 0 Å². The molecule has 6 heteroatoms. The number of carbonyl (C=O) groups is 2. The molecule has 6 nitrogen and oxygen atoms in total. The molecule has 1 saturated heterocycles. The number of hydrogen-bond acceptors (Lipinski definition) is 4. The summed E-state index contributed by atoms with van der Waals surface area (Å²) in [4.78, 5) is 25.9. The molecule has 2 aromatic carbocycles. The summed E-state index contributed by atoms with van der Waals surface area (Å²) in [6, 6.07) is 12.2. The van der Waals surface area contributed by atoms with Gasteiger partial charge in [-0.25, -0.2) is 9.59 Å². The number of carbonyl (C=O) groups excluding carboxylic acids is 2. The van der Waals surface area contributed by atoms with Crippen LogP contribution < -0.4 is 19.7 Å². The predicted octanol–water partition coefficient (Wildman–Crippen LogP) is 3.53. The third-order valence-corrected chi connectivity index (χ3v) is 4.80. The van der Waals surface area contributed by atoms with Gasteiger partial charge in [0.1, 0.15) is 11.5 Å². The van der Waals surface area contributed by atoms with Crippen molar-refractivity contribution < 1.29 is 19.1 Å². The average molecular weight is 366 g/mol. The molecule has 4 rings (SSSR count). The van der Waals surface area contributed by atoms with Crippen molar-refractivity contribution >= 4 is 17.7 Å². The topological polar surface area (TPSA) is 67.9 Å². The SMILES string of the molecule is Cc1cc(C(=O)Oc2ccc(OCC3CC3)cc2)ccc1N1CCNC1=O. The van der Waals surface area contributed by atoms with E-state index in [1.54, 1.807) is 35.2 Å². The van der Waals surface area contributed by atoms with E-state index < -0.39 is 5.97 Å². The number of nitrogens with one attached hydrogen (secondary N) is 1. The standard InChI is InChI=1S/C21H22N2O4/c1-14-12-16(4-9-19(14)23-11-10-22-21(23)25)20(24)27-18-7-5-17(6-8-18)26-13-15-2-3-15/h4-9,12,15H,2-3,10-11,13H2,1H3,(H,22,25). The highest BCUT2D eigenvalue weighted by molar-refractivity contribution is 5.96. The minimum Gasteiger partial charge on any atom is -0.493 e. The number of hydrogen-bond donors (Lipinski definition) is 1. The summed E-state index contributed by atoms with van der Waals surface area (Å²) in [6.45, 7) is 3.88. The molecule has 2 amide bonds. The second kappa shape index (κ2) is 7.31. The monoisotopic (exact) mass is 366 g/mol. The molecule has 1 aliphatic heterocycles. The average Bonchev–Trinajstić information content (AvgIpc) is 3.41. The molecule has 0 radical (unpaired) electrons. The van der Waals surface area contributed by atoms with Gasteiger partial charge in [0.15, 0.2) is 0 Å². The molecule has 0 atom stereocenters. The first-order valence-corrected chi connectivity index (χ1v) is 9.21. The first-order chi connectivity index (χ1) is 13.1. The van der Waals surface area contributed by atoms with Gasteiger partial charge in [0.2, 0.25) is 0 Å². The number of aryl methyl sites for hydroxylation is 1. The van der Waals surface area contributed by atoms with Crippen molar-refractivity contribution in [3.8, 4) is 11.5 Å². The Morgan fingerprint density at radius 1 is 1.15 bits per heavy atom. The lowest BCUT2D eigenvalue weighted by molar-refractivity contribution is 0.0734. The van der Waals surface area contributed by atoms with Crippen molar-refractivity contribution in [3.63, 3.8) is 0 Å². The Balaban J connectivity index is 1.40. The van der Waals surface area contributed by atoms with Gasteiger partial charge in [-0.1, -0.05) is 0 Å². The van der Waals surface area contributed by atoms with Gasteiger partial charge in [0.05, 0.1) is 12.2 Å². The second-order valence-corrected chi connectivity index (χ2v) is 7.00. The molecule has 0 unspecified atom stereocenters. The Kier molecular flexibility index (Phi) is 4.71. The highest BCUT2D eigenvalue weighted by atomic mass is 16.5. The summed E-state index contributed by atoms with van der Waals surface area (Å²) in [5, 5.41) is 2.77. The molecule has 27 heavy (non-hydrogen) atoms. The molecule has 2 fully saturated rings. The smallest absolute Gasteiger partial charge is 0.343 e. The van der Waals surface area contributed by atoms with Crippen molar-refractivity contribution in [2.24, 2.45) is 5.92 Å². The van der Waals surface area contributed by atoms with Crippen LogP contribution in [0.1, 0.15) is 28.8 Å². The van der Waals surface area contributed by atoms with Crippen LogP contribution in [0, 0.1) is 12.8 Å². The van der Waals surface area contributed by atoms with E-state index >= 15 is 0 Å². The van der Waals surface area contributed by atoms with Crippen LogP contribution in [0.3, 0.4) is 0 Å². The molecule has 1 saturated carbocycles. The number of esters is 1. The lowest BCUT2D eigenvalue weighted by Crippen LogP contribution is -2.28. The van der Waals surface area contributed by atoms with Gasteiger partial charge in [-0.15, -0.1) is 0 Å². The van der Waals surface area contributed by atoms with Gasteiger partial charge < -0.3 is 14.8 Å². The molecular formula is C21H22N2O4. The molecule has 2 aliphatic rings. The Hall–Kier alpha value is -3.02. The number of amides is 2. The number of ether oxygens (including phenoxy) is 2. The van der Waals surface area contributed by atoms with E-state index in [-0.39, 0.29) is 6.03 Å². The maximum absolute atomic E-state index is 12.4. The minimum atomic E-state index is -0.429. The van der Waals surface area contributed by atoms with Gasteiger partial charge in [-0.05, 0) is 73.7 Å². The van der Waals surface area contributed by atoms with E-state index in [0.717, 1.165) is 23.6 Å². The zero-order chi connectivity index (χ0) is 18.8. The van der Waals surface area contributed by atoms with Gasteiger partial charge in [0, 0.05) is 18.8 Å². The van der Waals surface area contributed by atoms with E-state index in [4.69, 9.17) is 9.47 Å². The van der Waals surface area contributed by atoms with Crippen LogP contribution in [0.5, 0.6) is 11.5 Å². The maximum Gasteiger partial charge on any atom is 0.343 e. The summed E-state index contributed by atoms with van der Waals surface area (Å²) in [6.07, 6.45) is 2.49. The van der Waals surface area contributed by atoms with Crippen molar-refractivity contribution in [2.45, 2.75) is 19.8 Å². The van der Waals surface area contributed by atoms with Crippen molar-refractivity contribution in [2.75, 3.05) is 24.6 Å². The van der Waals surface area contributed by atoms with Crippen molar-refractivity contribution in [1.82, 2.24) is 5.32 Å². The van der Waals surface area contributed by atoms with Crippen LogP contribution in [0.2, 0.25) is 0 Å². The van der Waals surface area contributed by atoms with E-state index in [2.05, 4.69) is 5.32 Å². The zero-order valence-electron chi connectivity index (χ0n) is 15.2. The molecule has 140 valence electrons. The van der Waals surface area contributed by atoms with E-state index in [9.17, 15) is 9.59 Å². The molecule has 0 aromatic heterocycles. The molecule has 0 bridgehead atoms. The fraction of sp³-hybridized carbons (Fsp3) is 0.333. The van der Waals surface area contributed by atoms with Crippen LogP contribution >= 0.6 is 0 Å². The zero-order valence-corrected chi connectivity index (χ0v) is 15.2. The summed E-state index contributed by atoms with van der Waals surface area (Å²) < 4.78 is 11.1. The summed E-state index contributed by atoms with van der Waals surface area (Å²) in [7, 11) is 0. The third-order valence-electron chi connectivity index (χ3n) is 4.80. The molecule has 0 spiro atoms. The fourth-order valence-electron chi connectivity index (χ4n) is 3.06. The van der Waals surface area contributed by atoms with Crippen molar-refractivity contribution in [3.05, 3.63) is 53.6 Å². The van der Waals surface area contributed by atoms with Crippen LogP contribution in [0.15, 0.2) is 42.5 Å². The van der Waals surface area contributed by atoms with E-state index in [1.165, 1.54) is 12.8 Å². The first-order valence-electron chi connectivity index (χ1n) is 9.21. The molecule has 1 N–H and O–H groups in total. The minimum absolute atomic E-state index is 0.113. The quantitative estimate of drug-likeness (QED) is 0.627. The molecular weight excluding hydrogens is 344 g/mol. The highest BCUT2D eigenvalue weighted by Crippen LogP contribution is 2.30. The molecule has 1 heterocycles. The largest absolute Gasteiger partial charge is 0.493 e. The lowest BCUT2D eigenvalue weighted by Gasteiger charge is -2.17. The lowest BCUT2D eigenvalue weighted by atomic mass is 10.1. The van der Waals surface area contributed by atoms with Crippen LogP contribution in [0.4, 0.5) is 10.5 Å². The Morgan fingerprint density at radius 3 is 2.52 bits per heavy atom.